The minimum absolute atomic E-state index is 0.306. The highest BCUT2D eigenvalue weighted by Gasteiger charge is 2.17. The summed E-state index contributed by atoms with van der Waals surface area (Å²) in [7, 11) is 1.59. The van der Waals surface area contributed by atoms with Crippen molar-refractivity contribution in [2.24, 2.45) is 0 Å². The van der Waals surface area contributed by atoms with Crippen molar-refractivity contribution >= 4 is 34.0 Å². The lowest BCUT2D eigenvalue weighted by Gasteiger charge is -2.13. The molecule has 0 aliphatic heterocycles. The molecule has 1 N–H and O–H groups in total. The Kier molecular flexibility index (Phi) is 5.70. The molecule has 26 heavy (non-hydrogen) atoms. The van der Waals surface area contributed by atoms with Gasteiger partial charge in [0.05, 0.1) is 7.11 Å². The molecular weight excluding hydrogens is 374 g/mol. The van der Waals surface area contributed by atoms with E-state index in [0.717, 1.165) is 11.3 Å². The summed E-state index contributed by atoms with van der Waals surface area (Å²) in [6, 6.07) is 14.3. The zero-order valence-electron chi connectivity index (χ0n) is 14.1. The van der Waals surface area contributed by atoms with Crippen molar-refractivity contribution in [1.82, 2.24) is 10.2 Å². The van der Waals surface area contributed by atoms with Crippen LogP contribution in [0.1, 0.15) is 6.92 Å². The maximum atomic E-state index is 12.3. The third-order valence-electron chi connectivity index (χ3n) is 3.49. The van der Waals surface area contributed by atoms with Crippen molar-refractivity contribution < 1.29 is 14.3 Å². The first-order chi connectivity index (χ1) is 12.5. The van der Waals surface area contributed by atoms with E-state index in [1.54, 1.807) is 50.4 Å². The van der Waals surface area contributed by atoms with Gasteiger partial charge in [-0.3, -0.25) is 10.1 Å². The number of hydrogen-bond acceptors (Lipinski definition) is 6. The summed E-state index contributed by atoms with van der Waals surface area (Å²) in [5, 5.41) is 12.6. The molecule has 0 aliphatic rings. The van der Waals surface area contributed by atoms with Crippen molar-refractivity contribution in [3.8, 4) is 22.1 Å². The zero-order chi connectivity index (χ0) is 18.5. The molecule has 1 atom stereocenters. The van der Waals surface area contributed by atoms with E-state index in [2.05, 4.69) is 15.5 Å². The number of amides is 1. The highest BCUT2D eigenvalue weighted by molar-refractivity contribution is 7.18. The van der Waals surface area contributed by atoms with Crippen LogP contribution in [-0.4, -0.2) is 29.3 Å². The summed E-state index contributed by atoms with van der Waals surface area (Å²) in [6.45, 7) is 1.67. The molecule has 3 rings (SSSR count). The van der Waals surface area contributed by atoms with E-state index >= 15 is 0 Å². The van der Waals surface area contributed by atoms with Crippen LogP contribution < -0.4 is 14.8 Å². The number of nitrogens with one attached hydrogen (secondary N) is 1. The summed E-state index contributed by atoms with van der Waals surface area (Å²) in [6.07, 6.45) is -0.689. The topological polar surface area (TPSA) is 73.3 Å². The van der Waals surface area contributed by atoms with Crippen molar-refractivity contribution in [3.05, 3.63) is 53.6 Å². The van der Waals surface area contributed by atoms with Gasteiger partial charge in [0.25, 0.3) is 5.91 Å². The minimum Gasteiger partial charge on any atom is -0.497 e. The van der Waals surface area contributed by atoms with Crippen molar-refractivity contribution in [1.29, 1.82) is 0 Å². The van der Waals surface area contributed by atoms with E-state index in [1.807, 2.05) is 12.1 Å². The Morgan fingerprint density at radius 2 is 1.73 bits per heavy atom. The molecule has 0 bridgehead atoms. The van der Waals surface area contributed by atoms with Gasteiger partial charge < -0.3 is 9.47 Å². The van der Waals surface area contributed by atoms with Gasteiger partial charge >= 0.3 is 0 Å². The van der Waals surface area contributed by atoms with Crippen LogP contribution in [0.5, 0.6) is 11.5 Å². The first-order valence-corrected chi connectivity index (χ1v) is 8.95. The van der Waals surface area contributed by atoms with E-state index < -0.39 is 6.10 Å². The Balaban J connectivity index is 1.61. The van der Waals surface area contributed by atoms with Gasteiger partial charge in [0.1, 0.15) is 16.5 Å². The number of carbonyl (C=O) groups excluding carboxylic acids is 1. The fourth-order valence-corrected chi connectivity index (χ4v) is 2.98. The molecule has 0 saturated carbocycles. The standard InChI is InChI=1S/C18H16ClN3O3S/c1-11(25-15-9-7-14(24-2)8-10-15)16(23)20-18-22-21-17(26-18)12-3-5-13(19)6-4-12/h3-11H,1-2H3,(H,20,22,23). The zero-order valence-corrected chi connectivity index (χ0v) is 15.7. The highest BCUT2D eigenvalue weighted by atomic mass is 35.5. The van der Waals surface area contributed by atoms with Gasteiger partial charge in [-0.1, -0.05) is 35.1 Å². The molecule has 1 heterocycles. The van der Waals surface area contributed by atoms with Crippen LogP contribution in [0.3, 0.4) is 0 Å². The predicted octanol–water partition coefficient (Wildman–Crippen LogP) is 4.27. The van der Waals surface area contributed by atoms with Crippen molar-refractivity contribution in [2.45, 2.75) is 13.0 Å². The third-order valence-corrected chi connectivity index (χ3v) is 4.63. The molecule has 0 fully saturated rings. The number of anilines is 1. The summed E-state index contributed by atoms with van der Waals surface area (Å²) in [4.78, 5) is 12.3. The van der Waals surface area contributed by atoms with E-state index in [4.69, 9.17) is 21.1 Å². The van der Waals surface area contributed by atoms with Crippen LogP contribution in [-0.2, 0) is 4.79 Å². The number of benzene rings is 2. The van der Waals surface area contributed by atoms with Crippen molar-refractivity contribution in [3.63, 3.8) is 0 Å². The second-order valence-electron chi connectivity index (χ2n) is 5.34. The van der Waals surface area contributed by atoms with Gasteiger partial charge in [-0.25, -0.2) is 0 Å². The molecule has 3 aromatic rings. The fourth-order valence-electron chi connectivity index (χ4n) is 2.10. The fraction of sp³-hybridized carbons (Fsp3) is 0.167. The van der Waals surface area contributed by atoms with Crippen LogP contribution in [0.2, 0.25) is 5.02 Å². The number of hydrogen-bond donors (Lipinski definition) is 1. The van der Waals surface area contributed by atoms with Crippen LogP contribution in [0.15, 0.2) is 48.5 Å². The molecule has 0 aliphatic carbocycles. The molecule has 6 nitrogen and oxygen atoms in total. The Bertz CT molecular complexity index is 881. The van der Waals surface area contributed by atoms with Crippen LogP contribution >= 0.6 is 22.9 Å². The lowest BCUT2D eigenvalue weighted by atomic mass is 10.2. The monoisotopic (exact) mass is 389 g/mol. The molecule has 1 unspecified atom stereocenters. The maximum absolute atomic E-state index is 12.3. The number of ether oxygens (including phenoxy) is 2. The van der Waals surface area contributed by atoms with Crippen LogP contribution in [0.4, 0.5) is 5.13 Å². The molecule has 0 saturated heterocycles. The number of nitrogens with zero attached hydrogens (tertiary/aromatic N) is 2. The van der Waals surface area contributed by atoms with Gasteiger partial charge in [0.2, 0.25) is 5.13 Å². The van der Waals surface area contributed by atoms with Gasteiger partial charge in [-0.15, -0.1) is 10.2 Å². The lowest BCUT2D eigenvalue weighted by molar-refractivity contribution is -0.122. The molecule has 8 heteroatoms. The van der Waals surface area contributed by atoms with Crippen LogP contribution in [0.25, 0.3) is 10.6 Å². The Morgan fingerprint density at radius 1 is 1.08 bits per heavy atom. The number of rotatable bonds is 6. The average Bonchev–Trinajstić information content (AvgIpc) is 3.11. The molecule has 0 spiro atoms. The molecule has 1 amide bonds. The van der Waals surface area contributed by atoms with Crippen LogP contribution in [0, 0.1) is 0 Å². The molecular formula is C18H16ClN3O3S. The smallest absolute Gasteiger partial charge is 0.266 e. The minimum atomic E-state index is -0.689. The predicted molar refractivity (Wildman–Crippen MR) is 102 cm³/mol. The third kappa shape index (κ3) is 4.50. The normalized spacial score (nSPS) is 11.7. The second kappa shape index (κ2) is 8.16. The van der Waals surface area contributed by atoms with Gasteiger partial charge in [0, 0.05) is 10.6 Å². The lowest BCUT2D eigenvalue weighted by Crippen LogP contribution is -2.30. The number of aromatic nitrogens is 2. The number of carbonyl (C=O) groups is 1. The first kappa shape index (κ1) is 18.2. The Labute approximate surface area is 159 Å². The van der Waals surface area contributed by atoms with E-state index in [-0.39, 0.29) is 5.91 Å². The summed E-state index contributed by atoms with van der Waals surface area (Å²) in [5.74, 6) is 0.991. The summed E-state index contributed by atoms with van der Waals surface area (Å²) >= 11 is 7.16. The summed E-state index contributed by atoms with van der Waals surface area (Å²) in [5.41, 5.74) is 0.884. The highest BCUT2D eigenvalue weighted by Crippen LogP contribution is 2.27. The van der Waals surface area contributed by atoms with E-state index in [0.29, 0.717) is 20.9 Å². The molecule has 1 aromatic heterocycles. The van der Waals surface area contributed by atoms with E-state index in [1.165, 1.54) is 11.3 Å². The molecule has 134 valence electrons. The average molecular weight is 390 g/mol. The number of methoxy groups -OCH3 is 1. The van der Waals surface area contributed by atoms with Gasteiger partial charge in [-0.05, 0) is 43.3 Å². The molecule has 0 radical (unpaired) electrons. The quantitative estimate of drug-likeness (QED) is 0.681. The largest absolute Gasteiger partial charge is 0.497 e. The van der Waals surface area contributed by atoms with E-state index in [9.17, 15) is 4.79 Å². The first-order valence-electron chi connectivity index (χ1n) is 7.76. The number of halogens is 1. The molecule has 2 aromatic carbocycles. The van der Waals surface area contributed by atoms with Gasteiger partial charge in [-0.2, -0.15) is 0 Å². The Morgan fingerprint density at radius 3 is 2.38 bits per heavy atom. The second-order valence-corrected chi connectivity index (χ2v) is 6.76. The Hall–Kier alpha value is -2.64. The summed E-state index contributed by atoms with van der Waals surface area (Å²) < 4.78 is 10.7. The maximum Gasteiger partial charge on any atom is 0.266 e. The SMILES string of the molecule is COc1ccc(OC(C)C(=O)Nc2nnc(-c3ccc(Cl)cc3)s2)cc1. The van der Waals surface area contributed by atoms with Crippen molar-refractivity contribution in [2.75, 3.05) is 12.4 Å². The van der Waals surface area contributed by atoms with Gasteiger partial charge in [0.15, 0.2) is 6.10 Å².